The van der Waals surface area contributed by atoms with Crippen LogP contribution in [0, 0.1) is 5.92 Å². The molecule has 35 heavy (non-hydrogen) atoms. The second-order valence-corrected chi connectivity index (χ2v) is 10.2. The zero-order valence-corrected chi connectivity index (χ0v) is 21.1. The first-order valence-electron chi connectivity index (χ1n) is 12.2. The summed E-state index contributed by atoms with van der Waals surface area (Å²) in [7, 11) is 0. The van der Waals surface area contributed by atoms with E-state index in [0.717, 1.165) is 40.8 Å². The van der Waals surface area contributed by atoms with Crippen LogP contribution in [0.4, 0.5) is 5.00 Å². The van der Waals surface area contributed by atoms with E-state index >= 15 is 0 Å². The Labute approximate surface area is 210 Å². The fourth-order valence-electron chi connectivity index (χ4n) is 4.44. The molecule has 1 atom stereocenters. The maximum Gasteiger partial charge on any atom is 0.341 e. The van der Waals surface area contributed by atoms with Gasteiger partial charge in [-0.1, -0.05) is 74.5 Å². The van der Waals surface area contributed by atoms with Gasteiger partial charge in [-0.15, -0.1) is 11.3 Å². The minimum atomic E-state index is -0.445. The number of hydrogen-bond acceptors (Lipinski definition) is 5. The third-order valence-electron chi connectivity index (χ3n) is 6.23. The van der Waals surface area contributed by atoms with E-state index in [1.807, 2.05) is 67.6 Å². The van der Waals surface area contributed by atoms with Crippen LogP contribution in [-0.2, 0) is 40.0 Å². The summed E-state index contributed by atoms with van der Waals surface area (Å²) >= 11 is 1.40. The number of carbonyl (C=O) groups is 3. The van der Waals surface area contributed by atoms with Crippen molar-refractivity contribution < 1.29 is 19.1 Å². The number of imide groups is 1. The van der Waals surface area contributed by atoms with Crippen molar-refractivity contribution in [2.45, 2.75) is 52.4 Å². The Kier molecular flexibility index (Phi) is 8.13. The molecule has 2 amide bonds. The van der Waals surface area contributed by atoms with Gasteiger partial charge >= 0.3 is 5.97 Å². The predicted molar refractivity (Wildman–Crippen MR) is 139 cm³/mol. The molecular weight excluding hydrogens is 458 g/mol. The molecule has 0 N–H and O–H groups in total. The normalized spacial score (nSPS) is 14.7. The fourth-order valence-corrected chi connectivity index (χ4v) is 5.97. The molecule has 3 aromatic rings. The van der Waals surface area contributed by atoms with Crippen molar-refractivity contribution in [3.8, 4) is 0 Å². The Morgan fingerprint density at radius 2 is 1.51 bits per heavy atom. The number of amides is 2. The third kappa shape index (κ3) is 5.88. The van der Waals surface area contributed by atoms with E-state index in [2.05, 4.69) is 6.92 Å². The summed E-state index contributed by atoms with van der Waals surface area (Å²) in [6.45, 7) is 4.43. The molecule has 0 aliphatic heterocycles. The molecule has 1 heterocycles. The van der Waals surface area contributed by atoms with E-state index in [-0.39, 0.29) is 24.7 Å². The van der Waals surface area contributed by atoms with Crippen LogP contribution in [0.3, 0.4) is 0 Å². The summed E-state index contributed by atoms with van der Waals surface area (Å²) in [6, 6.07) is 18.8. The van der Waals surface area contributed by atoms with Crippen molar-refractivity contribution in [3.63, 3.8) is 0 Å². The van der Waals surface area contributed by atoms with Crippen LogP contribution >= 0.6 is 11.3 Å². The van der Waals surface area contributed by atoms with Gasteiger partial charge in [-0.05, 0) is 48.3 Å². The second-order valence-electron chi connectivity index (χ2n) is 9.12. The van der Waals surface area contributed by atoms with Crippen LogP contribution < -0.4 is 4.90 Å². The monoisotopic (exact) mass is 489 g/mol. The molecule has 182 valence electrons. The van der Waals surface area contributed by atoms with Crippen molar-refractivity contribution in [3.05, 3.63) is 87.8 Å². The van der Waals surface area contributed by atoms with Gasteiger partial charge in [-0.25, -0.2) is 9.69 Å². The van der Waals surface area contributed by atoms with E-state index < -0.39 is 5.97 Å². The number of thiophene rings is 1. The lowest BCUT2D eigenvalue weighted by Crippen LogP contribution is -2.39. The number of ether oxygens (including phenoxy) is 1. The van der Waals surface area contributed by atoms with Gasteiger partial charge in [0.2, 0.25) is 11.8 Å². The Bertz CT molecular complexity index is 1130. The van der Waals surface area contributed by atoms with Gasteiger partial charge in [0.15, 0.2) is 0 Å². The van der Waals surface area contributed by atoms with Crippen LogP contribution in [0.15, 0.2) is 60.7 Å². The Balaban J connectivity index is 1.77. The van der Waals surface area contributed by atoms with Crippen LogP contribution in [0.2, 0.25) is 0 Å². The number of hydrogen-bond donors (Lipinski definition) is 0. The second kappa shape index (κ2) is 11.5. The maximum absolute atomic E-state index is 13.7. The number of benzene rings is 2. The first-order chi connectivity index (χ1) is 17.0. The molecule has 0 radical (unpaired) electrons. The summed E-state index contributed by atoms with van der Waals surface area (Å²) in [5.74, 6) is -0.637. The average Bonchev–Trinajstić information content (AvgIpc) is 3.21. The van der Waals surface area contributed by atoms with Gasteiger partial charge in [0, 0.05) is 4.88 Å². The minimum absolute atomic E-state index is 0.0732. The first-order valence-corrected chi connectivity index (χ1v) is 13.0. The van der Waals surface area contributed by atoms with E-state index in [1.54, 1.807) is 0 Å². The fraction of sp³-hybridized carbons (Fsp3) is 0.345. The van der Waals surface area contributed by atoms with Crippen molar-refractivity contribution in [2.75, 3.05) is 11.5 Å². The molecule has 6 heteroatoms. The maximum atomic E-state index is 13.7. The highest BCUT2D eigenvalue weighted by Crippen LogP contribution is 2.42. The van der Waals surface area contributed by atoms with Gasteiger partial charge in [0.05, 0.1) is 25.0 Å². The van der Waals surface area contributed by atoms with Crippen LogP contribution in [0.1, 0.15) is 58.6 Å². The quantitative estimate of drug-likeness (QED) is 0.376. The zero-order valence-electron chi connectivity index (χ0n) is 20.3. The van der Waals surface area contributed by atoms with Crippen molar-refractivity contribution >= 4 is 34.1 Å². The zero-order chi connectivity index (χ0) is 24.8. The molecule has 0 saturated heterocycles. The van der Waals surface area contributed by atoms with Gasteiger partial charge in [-0.3, -0.25) is 9.59 Å². The van der Waals surface area contributed by atoms with Gasteiger partial charge < -0.3 is 4.74 Å². The highest BCUT2D eigenvalue weighted by Gasteiger charge is 2.35. The Hall–Kier alpha value is -3.25. The van der Waals surface area contributed by atoms with Crippen LogP contribution in [0.25, 0.3) is 0 Å². The SMILES string of the molecule is CCCOC(=O)c1c(N(C(=O)Cc2ccccc2)C(=O)Cc2ccccc2)sc2c1CCC(C)C2. The van der Waals surface area contributed by atoms with E-state index in [4.69, 9.17) is 4.74 Å². The number of carbonyl (C=O) groups excluding carboxylic acids is 3. The number of fused-ring (bicyclic) bond motifs is 1. The number of anilines is 1. The van der Waals surface area contributed by atoms with Crippen molar-refractivity contribution in [2.24, 2.45) is 5.92 Å². The summed E-state index contributed by atoms with van der Waals surface area (Å²) in [4.78, 5) is 42.9. The van der Waals surface area contributed by atoms with E-state index in [1.165, 1.54) is 16.2 Å². The molecule has 4 rings (SSSR count). The molecule has 1 aliphatic carbocycles. The lowest BCUT2D eigenvalue weighted by atomic mass is 9.88. The molecule has 5 nitrogen and oxygen atoms in total. The molecule has 1 aromatic heterocycles. The highest BCUT2D eigenvalue weighted by molar-refractivity contribution is 7.17. The Morgan fingerprint density at radius 1 is 0.943 bits per heavy atom. The number of rotatable bonds is 8. The number of nitrogens with zero attached hydrogens (tertiary/aromatic N) is 1. The molecule has 0 fully saturated rings. The topological polar surface area (TPSA) is 63.7 Å². The van der Waals surface area contributed by atoms with Crippen LogP contribution in [0.5, 0.6) is 0 Å². The lowest BCUT2D eigenvalue weighted by molar-refractivity contribution is -0.125. The smallest absolute Gasteiger partial charge is 0.341 e. The molecule has 1 aliphatic rings. The summed E-state index contributed by atoms with van der Waals surface area (Å²) in [6.07, 6.45) is 3.40. The van der Waals surface area contributed by atoms with Crippen molar-refractivity contribution in [1.29, 1.82) is 0 Å². The predicted octanol–water partition coefficient (Wildman–Crippen LogP) is 5.78. The lowest BCUT2D eigenvalue weighted by Gasteiger charge is -2.22. The molecule has 0 saturated carbocycles. The van der Waals surface area contributed by atoms with E-state index in [0.29, 0.717) is 29.5 Å². The first kappa shape index (κ1) is 24.9. The molecular formula is C29H31NO4S. The standard InChI is InChI=1S/C29H31NO4S/c1-3-16-34-29(33)27-23-15-14-20(2)17-24(23)35-28(27)30(25(31)18-21-10-6-4-7-11-21)26(32)19-22-12-8-5-9-13-22/h4-13,20H,3,14-19H2,1-2H3. The largest absolute Gasteiger partial charge is 0.462 e. The summed E-state index contributed by atoms with van der Waals surface area (Å²) < 4.78 is 5.53. The molecule has 1 unspecified atom stereocenters. The molecule has 0 bridgehead atoms. The van der Waals surface area contributed by atoms with Crippen molar-refractivity contribution in [1.82, 2.24) is 0 Å². The van der Waals surface area contributed by atoms with E-state index in [9.17, 15) is 14.4 Å². The summed E-state index contributed by atoms with van der Waals surface area (Å²) in [5.41, 5.74) is 2.97. The average molecular weight is 490 g/mol. The highest BCUT2D eigenvalue weighted by atomic mass is 32.1. The van der Waals surface area contributed by atoms with Gasteiger partial charge in [-0.2, -0.15) is 0 Å². The molecule has 2 aromatic carbocycles. The number of esters is 1. The molecule has 0 spiro atoms. The van der Waals surface area contributed by atoms with Crippen LogP contribution in [-0.4, -0.2) is 24.4 Å². The van der Waals surface area contributed by atoms with Gasteiger partial charge in [0.1, 0.15) is 5.00 Å². The van der Waals surface area contributed by atoms with Gasteiger partial charge in [0.25, 0.3) is 0 Å². The Morgan fingerprint density at radius 3 is 2.06 bits per heavy atom. The minimum Gasteiger partial charge on any atom is -0.462 e. The summed E-state index contributed by atoms with van der Waals surface area (Å²) in [5, 5.41) is 0.409. The third-order valence-corrected chi connectivity index (χ3v) is 7.47.